The fourth-order valence-electron chi connectivity index (χ4n) is 1.96. The largest absolute Gasteiger partial charge is 0.469 e. The third-order valence-electron chi connectivity index (χ3n) is 2.96. The normalized spacial score (nSPS) is 28.8. The maximum Gasteiger partial charge on any atom is 0.305 e. The molecular weight excluding hydrogens is 180 g/mol. The summed E-state index contributed by atoms with van der Waals surface area (Å²) in [7, 11) is 3.51. The minimum Gasteiger partial charge on any atom is -0.469 e. The van der Waals surface area contributed by atoms with Crippen LogP contribution in [0.1, 0.15) is 19.3 Å². The zero-order valence-electron chi connectivity index (χ0n) is 9.03. The number of carbonyl (C=O) groups excluding carboxylic acids is 1. The van der Waals surface area contributed by atoms with Crippen LogP contribution in [0.5, 0.6) is 0 Å². The SMILES string of the molecule is COC(=O)CCC1CCN(C)CC1N. The van der Waals surface area contributed by atoms with Crippen LogP contribution in [0.2, 0.25) is 0 Å². The van der Waals surface area contributed by atoms with Crippen molar-refractivity contribution in [1.29, 1.82) is 0 Å². The van der Waals surface area contributed by atoms with E-state index in [1.807, 2.05) is 0 Å². The van der Waals surface area contributed by atoms with Crippen LogP contribution in [0, 0.1) is 5.92 Å². The molecule has 1 aliphatic heterocycles. The first kappa shape index (κ1) is 11.5. The van der Waals surface area contributed by atoms with Gasteiger partial charge in [0, 0.05) is 19.0 Å². The number of rotatable bonds is 3. The first-order chi connectivity index (χ1) is 6.63. The van der Waals surface area contributed by atoms with Crippen LogP contribution in [-0.2, 0) is 9.53 Å². The van der Waals surface area contributed by atoms with E-state index in [0.29, 0.717) is 12.3 Å². The van der Waals surface area contributed by atoms with Crippen molar-refractivity contribution < 1.29 is 9.53 Å². The van der Waals surface area contributed by atoms with Crippen LogP contribution in [-0.4, -0.2) is 44.2 Å². The maximum atomic E-state index is 11.0. The van der Waals surface area contributed by atoms with Crippen molar-refractivity contribution in [1.82, 2.24) is 4.90 Å². The van der Waals surface area contributed by atoms with Crippen molar-refractivity contribution in [3.05, 3.63) is 0 Å². The van der Waals surface area contributed by atoms with Crippen molar-refractivity contribution in [2.24, 2.45) is 11.7 Å². The number of carbonyl (C=O) groups is 1. The number of esters is 1. The molecule has 0 aliphatic carbocycles. The van der Waals surface area contributed by atoms with E-state index in [2.05, 4.69) is 16.7 Å². The van der Waals surface area contributed by atoms with Gasteiger partial charge >= 0.3 is 5.97 Å². The molecule has 0 amide bonds. The van der Waals surface area contributed by atoms with Crippen molar-refractivity contribution in [2.75, 3.05) is 27.2 Å². The lowest BCUT2D eigenvalue weighted by Crippen LogP contribution is -2.46. The standard InChI is InChI=1S/C10H20N2O2/c1-12-6-5-8(9(11)7-12)3-4-10(13)14-2/h8-9H,3-7,11H2,1-2H3. The van der Waals surface area contributed by atoms with Crippen LogP contribution in [0.4, 0.5) is 0 Å². The van der Waals surface area contributed by atoms with Gasteiger partial charge in [-0.1, -0.05) is 0 Å². The zero-order chi connectivity index (χ0) is 10.6. The van der Waals surface area contributed by atoms with Crippen molar-refractivity contribution >= 4 is 5.97 Å². The molecule has 2 N–H and O–H groups in total. The van der Waals surface area contributed by atoms with E-state index in [9.17, 15) is 4.79 Å². The molecule has 0 aromatic carbocycles. The number of ether oxygens (including phenoxy) is 1. The topological polar surface area (TPSA) is 55.6 Å². The Morgan fingerprint density at radius 3 is 2.93 bits per heavy atom. The van der Waals surface area contributed by atoms with Gasteiger partial charge in [0.2, 0.25) is 0 Å². The molecule has 0 radical (unpaired) electrons. The van der Waals surface area contributed by atoms with E-state index >= 15 is 0 Å². The van der Waals surface area contributed by atoms with E-state index < -0.39 is 0 Å². The first-order valence-corrected chi connectivity index (χ1v) is 5.14. The Hall–Kier alpha value is -0.610. The summed E-state index contributed by atoms with van der Waals surface area (Å²) in [6.45, 7) is 2.02. The van der Waals surface area contributed by atoms with E-state index in [1.54, 1.807) is 0 Å². The smallest absolute Gasteiger partial charge is 0.305 e. The van der Waals surface area contributed by atoms with Gasteiger partial charge in [0.25, 0.3) is 0 Å². The average molecular weight is 200 g/mol. The molecular formula is C10H20N2O2. The van der Waals surface area contributed by atoms with Gasteiger partial charge in [0.05, 0.1) is 7.11 Å². The number of nitrogens with two attached hydrogens (primary N) is 1. The Balaban J connectivity index is 2.27. The van der Waals surface area contributed by atoms with Gasteiger partial charge < -0.3 is 15.4 Å². The molecule has 1 heterocycles. The second kappa shape index (κ2) is 5.32. The van der Waals surface area contributed by atoms with Gasteiger partial charge in [-0.2, -0.15) is 0 Å². The second-order valence-corrected chi connectivity index (χ2v) is 4.09. The lowest BCUT2D eigenvalue weighted by Gasteiger charge is -2.34. The molecule has 0 saturated carbocycles. The molecule has 1 aliphatic rings. The monoisotopic (exact) mass is 200 g/mol. The average Bonchev–Trinajstić information content (AvgIpc) is 2.16. The first-order valence-electron chi connectivity index (χ1n) is 5.14. The molecule has 0 bridgehead atoms. The fraction of sp³-hybridized carbons (Fsp3) is 0.900. The molecule has 1 rings (SSSR count). The Bertz CT molecular complexity index is 197. The molecule has 14 heavy (non-hydrogen) atoms. The predicted octanol–water partition coefficient (Wildman–Crippen LogP) is 0.219. The highest BCUT2D eigenvalue weighted by atomic mass is 16.5. The molecule has 82 valence electrons. The highest BCUT2D eigenvalue weighted by molar-refractivity contribution is 5.69. The van der Waals surface area contributed by atoms with Crippen LogP contribution in [0.25, 0.3) is 0 Å². The van der Waals surface area contributed by atoms with E-state index in [1.165, 1.54) is 7.11 Å². The summed E-state index contributed by atoms with van der Waals surface area (Å²) in [5.74, 6) is 0.349. The molecule has 0 spiro atoms. The number of hydrogen-bond acceptors (Lipinski definition) is 4. The highest BCUT2D eigenvalue weighted by Gasteiger charge is 2.24. The summed E-state index contributed by atoms with van der Waals surface area (Å²) in [4.78, 5) is 13.2. The quantitative estimate of drug-likeness (QED) is 0.662. The van der Waals surface area contributed by atoms with Crippen LogP contribution < -0.4 is 5.73 Å². The number of piperidine rings is 1. The summed E-state index contributed by atoms with van der Waals surface area (Å²) in [5.41, 5.74) is 6.00. The number of nitrogens with zero attached hydrogens (tertiary/aromatic N) is 1. The van der Waals surface area contributed by atoms with Crippen molar-refractivity contribution in [3.8, 4) is 0 Å². The summed E-state index contributed by atoms with van der Waals surface area (Å²) in [5, 5.41) is 0. The van der Waals surface area contributed by atoms with Gasteiger partial charge in [-0.25, -0.2) is 0 Å². The highest BCUT2D eigenvalue weighted by Crippen LogP contribution is 2.20. The van der Waals surface area contributed by atoms with Crippen molar-refractivity contribution in [3.63, 3.8) is 0 Å². The van der Waals surface area contributed by atoms with Gasteiger partial charge in [-0.15, -0.1) is 0 Å². The molecule has 0 aromatic heterocycles. The predicted molar refractivity (Wildman–Crippen MR) is 54.8 cm³/mol. The van der Waals surface area contributed by atoms with E-state index in [0.717, 1.165) is 25.9 Å². The minimum absolute atomic E-state index is 0.129. The lowest BCUT2D eigenvalue weighted by atomic mass is 9.88. The number of hydrogen-bond donors (Lipinski definition) is 1. The van der Waals surface area contributed by atoms with E-state index in [-0.39, 0.29) is 12.0 Å². The molecule has 0 aromatic rings. The Morgan fingerprint density at radius 2 is 2.36 bits per heavy atom. The fourth-order valence-corrected chi connectivity index (χ4v) is 1.96. The third kappa shape index (κ3) is 3.27. The molecule has 2 atom stereocenters. The Morgan fingerprint density at radius 1 is 1.64 bits per heavy atom. The molecule has 1 fully saturated rings. The van der Waals surface area contributed by atoms with Gasteiger partial charge in [-0.3, -0.25) is 4.79 Å². The Kier molecular flexibility index (Phi) is 4.35. The van der Waals surface area contributed by atoms with Crippen molar-refractivity contribution in [2.45, 2.75) is 25.3 Å². The summed E-state index contributed by atoms with van der Waals surface area (Å²) in [6.07, 6.45) is 2.45. The molecule has 4 heteroatoms. The van der Waals surface area contributed by atoms with Gasteiger partial charge in [0.1, 0.15) is 0 Å². The number of likely N-dealkylation sites (tertiary alicyclic amines) is 1. The number of likely N-dealkylation sites (N-methyl/N-ethyl adjacent to an activating group) is 1. The van der Waals surface area contributed by atoms with E-state index in [4.69, 9.17) is 5.73 Å². The molecule has 4 nitrogen and oxygen atoms in total. The third-order valence-corrected chi connectivity index (χ3v) is 2.96. The summed E-state index contributed by atoms with van der Waals surface area (Å²) in [6, 6.07) is 0.207. The summed E-state index contributed by atoms with van der Waals surface area (Å²) < 4.78 is 4.61. The van der Waals surface area contributed by atoms with Gasteiger partial charge in [0.15, 0.2) is 0 Å². The maximum absolute atomic E-state index is 11.0. The van der Waals surface area contributed by atoms with Crippen LogP contribution in [0.15, 0.2) is 0 Å². The molecule has 2 unspecified atom stereocenters. The number of methoxy groups -OCH3 is 1. The van der Waals surface area contributed by atoms with Crippen LogP contribution in [0.3, 0.4) is 0 Å². The molecule has 1 saturated heterocycles. The minimum atomic E-state index is -0.129. The summed E-state index contributed by atoms with van der Waals surface area (Å²) >= 11 is 0. The Labute approximate surface area is 85.4 Å². The zero-order valence-corrected chi connectivity index (χ0v) is 9.03. The lowest BCUT2D eigenvalue weighted by molar-refractivity contribution is -0.141. The van der Waals surface area contributed by atoms with Gasteiger partial charge in [-0.05, 0) is 32.4 Å². The van der Waals surface area contributed by atoms with Crippen LogP contribution >= 0.6 is 0 Å². The second-order valence-electron chi connectivity index (χ2n) is 4.09.